The van der Waals surface area contributed by atoms with Gasteiger partial charge in [0, 0.05) is 0 Å². The van der Waals surface area contributed by atoms with Gasteiger partial charge in [-0.15, -0.1) is 0 Å². The molecule has 3 rings (SSSR count). The molecule has 3 N–H and O–H groups in total. The van der Waals surface area contributed by atoms with Crippen molar-refractivity contribution in [2.75, 3.05) is 12.3 Å². The number of benzene rings is 2. The van der Waals surface area contributed by atoms with Crippen molar-refractivity contribution < 1.29 is 14.4 Å². The molecule has 1 aromatic heterocycles. The number of aromatic nitrogens is 2. The van der Waals surface area contributed by atoms with Gasteiger partial charge in [0.05, 0.1) is 6.54 Å². The normalized spacial score (nSPS) is 12.4. The number of aryl methyl sites for hydroxylation is 1. The summed E-state index contributed by atoms with van der Waals surface area (Å²) in [5.74, 6) is 1.44. The molecule has 27 heavy (non-hydrogen) atoms. The number of fused-ring (bicyclic) bond motifs is 1. The summed E-state index contributed by atoms with van der Waals surface area (Å²) in [6, 6.07) is 17.7. The van der Waals surface area contributed by atoms with E-state index in [0.717, 1.165) is 29.7 Å². The van der Waals surface area contributed by atoms with E-state index in [4.69, 9.17) is 10.5 Å². The maximum Gasteiger partial charge on any atom is 0.356 e. The van der Waals surface area contributed by atoms with E-state index in [1.54, 1.807) is 0 Å². The zero-order valence-corrected chi connectivity index (χ0v) is 16.1. The summed E-state index contributed by atoms with van der Waals surface area (Å²) in [4.78, 5) is 0. The first-order chi connectivity index (χ1) is 13.2. The van der Waals surface area contributed by atoms with Crippen LogP contribution in [0.25, 0.3) is 11.0 Å². The van der Waals surface area contributed by atoms with Gasteiger partial charge >= 0.3 is 5.95 Å². The smallest absolute Gasteiger partial charge is 0.356 e. The highest BCUT2D eigenvalue weighted by molar-refractivity contribution is 5.73. The molecule has 1 heterocycles. The van der Waals surface area contributed by atoms with E-state index in [1.807, 2.05) is 47.0 Å². The van der Waals surface area contributed by atoms with E-state index in [2.05, 4.69) is 23.6 Å². The Morgan fingerprint density at radius 3 is 2.56 bits per heavy atom. The molecule has 2 aromatic carbocycles. The first-order valence-electron chi connectivity index (χ1n) is 9.83. The molecule has 5 heteroatoms. The van der Waals surface area contributed by atoms with Gasteiger partial charge in [0.1, 0.15) is 36.0 Å². The number of aliphatic hydroxyl groups is 1. The molecule has 0 unspecified atom stereocenters. The fraction of sp³-hybridized carbons (Fsp3) is 0.409. The SMILES string of the molecule is CCCCCCn1c(N)[n+](C[C@H](O)COc2ccccc2)c2ccccc21. The number of hydrogen-bond acceptors (Lipinski definition) is 3. The number of rotatable bonds is 10. The lowest BCUT2D eigenvalue weighted by Gasteiger charge is -2.12. The van der Waals surface area contributed by atoms with E-state index in [-0.39, 0.29) is 6.61 Å². The number of unbranched alkanes of at least 4 members (excludes halogenated alkanes) is 3. The Hall–Kier alpha value is -2.53. The zero-order valence-electron chi connectivity index (χ0n) is 16.1. The van der Waals surface area contributed by atoms with Gasteiger partial charge in [0.15, 0.2) is 0 Å². The van der Waals surface area contributed by atoms with Crippen LogP contribution in [0.15, 0.2) is 54.6 Å². The summed E-state index contributed by atoms with van der Waals surface area (Å²) in [5.41, 5.74) is 8.62. The molecule has 1 atom stereocenters. The molecule has 0 aliphatic rings. The minimum Gasteiger partial charge on any atom is -0.491 e. The van der Waals surface area contributed by atoms with Crippen molar-refractivity contribution >= 4 is 17.0 Å². The monoisotopic (exact) mass is 368 g/mol. The number of hydrogen-bond donors (Lipinski definition) is 2. The van der Waals surface area contributed by atoms with Crippen LogP contribution in [0.4, 0.5) is 5.95 Å². The van der Waals surface area contributed by atoms with Crippen molar-refractivity contribution in [3.63, 3.8) is 0 Å². The molecule has 0 amide bonds. The zero-order chi connectivity index (χ0) is 19.1. The largest absolute Gasteiger partial charge is 0.491 e. The lowest BCUT2D eigenvalue weighted by Crippen LogP contribution is -2.43. The molecule has 0 spiro atoms. The minimum absolute atomic E-state index is 0.229. The summed E-state index contributed by atoms with van der Waals surface area (Å²) in [7, 11) is 0. The highest BCUT2D eigenvalue weighted by atomic mass is 16.5. The van der Waals surface area contributed by atoms with Gasteiger partial charge in [-0.1, -0.05) is 56.5 Å². The Morgan fingerprint density at radius 2 is 1.78 bits per heavy atom. The van der Waals surface area contributed by atoms with Crippen LogP contribution in [0.2, 0.25) is 0 Å². The first-order valence-corrected chi connectivity index (χ1v) is 9.83. The molecular formula is C22H30N3O2+. The number of nitrogens with two attached hydrogens (primary N) is 1. The number of aliphatic hydroxyl groups excluding tert-OH is 1. The van der Waals surface area contributed by atoms with Crippen molar-refractivity contribution in [1.82, 2.24) is 4.57 Å². The van der Waals surface area contributed by atoms with Gasteiger partial charge in [0.25, 0.3) is 0 Å². The molecule has 3 aromatic rings. The Labute approximate surface area is 161 Å². The number of nitrogen functional groups attached to an aromatic ring is 1. The molecule has 144 valence electrons. The molecule has 5 nitrogen and oxygen atoms in total. The number of ether oxygens (including phenoxy) is 1. The van der Waals surface area contributed by atoms with Gasteiger partial charge in [-0.3, -0.25) is 5.73 Å². The molecule has 0 fully saturated rings. The average molecular weight is 369 g/mol. The quantitative estimate of drug-likeness (QED) is 0.425. The summed E-state index contributed by atoms with van der Waals surface area (Å²) in [5, 5.41) is 10.5. The first kappa shape index (κ1) is 19.2. The van der Waals surface area contributed by atoms with Gasteiger partial charge in [-0.2, -0.15) is 0 Å². The molecule has 0 radical (unpaired) electrons. The predicted molar refractivity (Wildman–Crippen MR) is 109 cm³/mol. The van der Waals surface area contributed by atoms with E-state index < -0.39 is 6.10 Å². The predicted octanol–water partition coefficient (Wildman–Crippen LogP) is 3.53. The third-order valence-electron chi connectivity index (χ3n) is 4.83. The second-order valence-electron chi connectivity index (χ2n) is 6.95. The standard InChI is InChI=1S/C22H29N3O2/c1-2-3-4-10-15-24-20-13-8-9-14-21(20)25(22(24)23)16-18(26)17-27-19-11-6-5-7-12-19/h5-9,11-14,18,23,26H,2-4,10,15-17H2,1H3/p+1/t18-/m0/s1. The molecule has 0 saturated heterocycles. The molecule has 0 aliphatic carbocycles. The van der Waals surface area contributed by atoms with Crippen molar-refractivity contribution in [3.05, 3.63) is 54.6 Å². The Bertz CT molecular complexity index is 845. The summed E-state index contributed by atoms with van der Waals surface area (Å²) < 4.78 is 9.84. The second kappa shape index (κ2) is 9.42. The molecular weight excluding hydrogens is 338 g/mol. The van der Waals surface area contributed by atoms with Crippen LogP contribution in [-0.4, -0.2) is 22.4 Å². The lowest BCUT2D eigenvalue weighted by atomic mass is 10.2. The van der Waals surface area contributed by atoms with Crippen LogP contribution >= 0.6 is 0 Å². The second-order valence-corrected chi connectivity index (χ2v) is 6.95. The van der Waals surface area contributed by atoms with E-state index in [9.17, 15) is 5.11 Å². The number of anilines is 1. The third kappa shape index (κ3) is 4.80. The summed E-state index contributed by atoms with van der Waals surface area (Å²) in [6.45, 7) is 3.75. The van der Waals surface area contributed by atoms with Gasteiger partial charge in [-0.05, 0) is 30.7 Å². The average Bonchev–Trinajstić information content (AvgIpc) is 2.96. The summed E-state index contributed by atoms with van der Waals surface area (Å²) in [6.07, 6.45) is 4.13. The van der Waals surface area contributed by atoms with E-state index in [1.165, 1.54) is 19.3 Å². The van der Waals surface area contributed by atoms with Crippen molar-refractivity contribution in [1.29, 1.82) is 0 Å². The minimum atomic E-state index is -0.642. The van der Waals surface area contributed by atoms with Crippen LogP contribution in [0, 0.1) is 0 Å². The number of para-hydroxylation sites is 3. The Balaban J connectivity index is 1.72. The number of imidazole rings is 1. The lowest BCUT2D eigenvalue weighted by molar-refractivity contribution is -0.665. The van der Waals surface area contributed by atoms with Crippen molar-refractivity contribution in [2.24, 2.45) is 0 Å². The van der Waals surface area contributed by atoms with Crippen molar-refractivity contribution in [2.45, 2.75) is 51.8 Å². The van der Waals surface area contributed by atoms with Crippen molar-refractivity contribution in [3.8, 4) is 5.75 Å². The molecule has 0 saturated carbocycles. The van der Waals surface area contributed by atoms with Gasteiger partial charge in [-0.25, -0.2) is 9.13 Å². The van der Waals surface area contributed by atoms with E-state index in [0.29, 0.717) is 12.5 Å². The van der Waals surface area contributed by atoms with Crippen LogP contribution in [0.1, 0.15) is 32.6 Å². The Kier molecular flexibility index (Phi) is 6.71. The van der Waals surface area contributed by atoms with Crippen LogP contribution in [-0.2, 0) is 13.1 Å². The fourth-order valence-corrected chi connectivity index (χ4v) is 3.41. The topological polar surface area (TPSA) is 64.3 Å². The van der Waals surface area contributed by atoms with Crippen LogP contribution in [0.5, 0.6) is 5.75 Å². The van der Waals surface area contributed by atoms with Gasteiger partial charge < -0.3 is 9.84 Å². The van der Waals surface area contributed by atoms with Crippen LogP contribution in [0.3, 0.4) is 0 Å². The molecule has 0 bridgehead atoms. The maximum atomic E-state index is 10.5. The number of nitrogens with zero attached hydrogens (tertiary/aromatic N) is 2. The van der Waals surface area contributed by atoms with Crippen LogP contribution < -0.4 is 15.0 Å². The van der Waals surface area contributed by atoms with Gasteiger partial charge in [0.2, 0.25) is 0 Å². The fourth-order valence-electron chi connectivity index (χ4n) is 3.41. The molecule has 0 aliphatic heterocycles. The Morgan fingerprint density at radius 1 is 1.04 bits per heavy atom. The van der Waals surface area contributed by atoms with E-state index >= 15 is 0 Å². The highest BCUT2D eigenvalue weighted by Crippen LogP contribution is 2.18. The maximum absolute atomic E-state index is 10.5. The highest BCUT2D eigenvalue weighted by Gasteiger charge is 2.22. The third-order valence-corrected chi connectivity index (χ3v) is 4.83. The summed E-state index contributed by atoms with van der Waals surface area (Å²) >= 11 is 0.